The lowest BCUT2D eigenvalue weighted by Crippen LogP contribution is -1.83. The number of nitriles is 1. The Hall–Kier alpha value is -2.34. The number of pyridine rings is 1. The van der Waals surface area contributed by atoms with Gasteiger partial charge in [-0.05, 0) is 12.1 Å². The summed E-state index contributed by atoms with van der Waals surface area (Å²) in [7, 11) is 0. The molecule has 0 bridgehead atoms. The van der Waals surface area contributed by atoms with E-state index in [1.54, 1.807) is 30.5 Å². The minimum Gasteiger partial charge on any atom is -0.507 e. The van der Waals surface area contributed by atoms with Gasteiger partial charge in [-0.15, -0.1) is 0 Å². The molecule has 0 fully saturated rings. The molecule has 1 N–H and O–H groups in total. The van der Waals surface area contributed by atoms with E-state index in [1.807, 2.05) is 12.1 Å². The van der Waals surface area contributed by atoms with Crippen LogP contribution in [0.3, 0.4) is 0 Å². The maximum absolute atomic E-state index is 9.62. The number of hydrogen-bond donors (Lipinski definition) is 1. The first-order chi connectivity index (χ1) is 7.31. The normalized spacial score (nSPS) is 9.53. The summed E-state index contributed by atoms with van der Waals surface area (Å²) >= 11 is 0. The molecule has 2 rings (SSSR count). The third-order valence-electron chi connectivity index (χ3n) is 2.08. The van der Waals surface area contributed by atoms with Crippen LogP contribution in [0.15, 0.2) is 42.7 Å². The Labute approximate surface area is 87.3 Å². The van der Waals surface area contributed by atoms with Crippen LogP contribution in [0.2, 0.25) is 0 Å². The summed E-state index contributed by atoms with van der Waals surface area (Å²) in [5, 5.41) is 18.3. The Morgan fingerprint density at radius 3 is 2.73 bits per heavy atom. The molecular weight excluding hydrogens is 188 g/mol. The zero-order valence-corrected chi connectivity index (χ0v) is 7.88. The van der Waals surface area contributed by atoms with E-state index in [-0.39, 0.29) is 5.75 Å². The number of aromatic nitrogens is 1. The van der Waals surface area contributed by atoms with Gasteiger partial charge in [0.15, 0.2) is 0 Å². The molecule has 0 saturated heterocycles. The van der Waals surface area contributed by atoms with Gasteiger partial charge in [0.1, 0.15) is 11.8 Å². The van der Waals surface area contributed by atoms with Crippen LogP contribution < -0.4 is 0 Å². The van der Waals surface area contributed by atoms with E-state index in [0.29, 0.717) is 11.1 Å². The predicted octanol–water partition coefficient (Wildman–Crippen LogP) is 2.33. The van der Waals surface area contributed by atoms with Gasteiger partial charge in [-0.25, -0.2) is 0 Å². The smallest absolute Gasteiger partial charge is 0.123 e. The first-order valence-corrected chi connectivity index (χ1v) is 4.45. The third-order valence-corrected chi connectivity index (χ3v) is 2.08. The van der Waals surface area contributed by atoms with E-state index >= 15 is 0 Å². The van der Waals surface area contributed by atoms with Gasteiger partial charge >= 0.3 is 0 Å². The van der Waals surface area contributed by atoms with E-state index in [2.05, 4.69) is 4.98 Å². The highest BCUT2D eigenvalue weighted by molar-refractivity contribution is 5.70. The van der Waals surface area contributed by atoms with E-state index in [0.717, 1.165) is 5.56 Å². The topological polar surface area (TPSA) is 56.9 Å². The fourth-order valence-corrected chi connectivity index (χ4v) is 1.37. The van der Waals surface area contributed by atoms with E-state index in [1.165, 1.54) is 6.20 Å². The van der Waals surface area contributed by atoms with Crippen LogP contribution in [-0.4, -0.2) is 10.1 Å². The van der Waals surface area contributed by atoms with Crippen molar-refractivity contribution in [2.45, 2.75) is 0 Å². The molecule has 15 heavy (non-hydrogen) atoms. The lowest BCUT2D eigenvalue weighted by molar-refractivity contribution is 0.477. The maximum atomic E-state index is 9.62. The highest BCUT2D eigenvalue weighted by atomic mass is 16.3. The number of para-hydroxylation sites is 1. The van der Waals surface area contributed by atoms with Crippen molar-refractivity contribution in [3.05, 3.63) is 48.3 Å². The number of phenolic OH excluding ortho intramolecular Hbond substituents is 1. The van der Waals surface area contributed by atoms with Gasteiger partial charge < -0.3 is 5.11 Å². The highest BCUT2D eigenvalue weighted by Crippen LogP contribution is 2.28. The lowest BCUT2D eigenvalue weighted by atomic mass is 10.1. The number of aromatic hydroxyl groups is 1. The quantitative estimate of drug-likeness (QED) is 0.761. The van der Waals surface area contributed by atoms with Crippen LogP contribution in [0.4, 0.5) is 0 Å². The second-order valence-corrected chi connectivity index (χ2v) is 3.09. The van der Waals surface area contributed by atoms with Crippen LogP contribution >= 0.6 is 0 Å². The highest BCUT2D eigenvalue weighted by Gasteiger charge is 2.03. The molecule has 0 aliphatic carbocycles. The van der Waals surface area contributed by atoms with Crippen LogP contribution in [0.1, 0.15) is 5.56 Å². The zero-order chi connectivity index (χ0) is 10.7. The molecule has 0 radical (unpaired) electrons. The average Bonchev–Trinajstić information content (AvgIpc) is 2.30. The molecule has 0 aliphatic heterocycles. The van der Waals surface area contributed by atoms with Crippen LogP contribution in [0.25, 0.3) is 11.1 Å². The molecule has 3 nitrogen and oxygen atoms in total. The van der Waals surface area contributed by atoms with Crippen LogP contribution in [-0.2, 0) is 0 Å². The second-order valence-electron chi connectivity index (χ2n) is 3.09. The zero-order valence-electron chi connectivity index (χ0n) is 7.88. The lowest BCUT2D eigenvalue weighted by Gasteiger charge is -2.03. The van der Waals surface area contributed by atoms with E-state index < -0.39 is 0 Å². The van der Waals surface area contributed by atoms with Gasteiger partial charge in [0, 0.05) is 23.5 Å². The molecule has 3 heteroatoms. The maximum Gasteiger partial charge on any atom is 0.123 e. The summed E-state index contributed by atoms with van der Waals surface area (Å²) in [5.41, 5.74) is 1.91. The van der Waals surface area contributed by atoms with Crippen molar-refractivity contribution in [1.29, 1.82) is 5.26 Å². The molecule has 0 unspecified atom stereocenters. The molecule has 2 aromatic rings. The SMILES string of the molecule is N#Cc1cncc(-c2ccccc2O)c1. The van der Waals surface area contributed by atoms with Gasteiger partial charge in [0.2, 0.25) is 0 Å². The van der Waals surface area contributed by atoms with E-state index in [4.69, 9.17) is 5.26 Å². The molecule has 0 spiro atoms. The Kier molecular flexibility index (Phi) is 2.34. The monoisotopic (exact) mass is 196 g/mol. The number of benzene rings is 1. The van der Waals surface area contributed by atoms with E-state index in [9.17, 15) is 5.11 Å². The first kappa shape index (κ1) is 9.22. The van der Waals surface area contributed by atoms with Crippen molar-refractivity contribution in [2.24, 2.45) is 0 Å². The third kappa shape index (κ3) is 1.79. The number of phenols is 1. The molecule has 1 heterocycles. The Morgan fingerprint density at radius 1 is 1.20 bits per heavy atom. The fourth-order valence-electron chi connectivity index (χ4n) is 1.37. The van der Waals surface area contributed by atoms with Gasteiger partial charge in [0.25, 0.3) is 0 Å². The largest absolute Gasteiger partial charge is 0.507 e. The number of hydrogen-bond acceptors (Lipinski definition) is 3. The average molecular weight is 196 g/mol. The molecule has 0 saturated carbocycles. The van der Waals surface area contributed by atoms with Crippen molar-refractivity contribution in [2.75, 3.05) is 0 Å². The predicted molar refractivity (Wildman–Crippen MR) is 56.1 cm³/mol. The van der Waals surface area contributed by atoms with Gasteiger partial charge in [-0.2, -0.15) is 5.26 Å². The number of nitrogens with zero attached hydrogens (tertiary/aromatic N) is 2. The van der Waals surface area contributed by atoms with Crippen molar-refractivity contribution < 1.29 is 5.11 Å². The van der Waals surface area contributed by atoms with Gasteiger partial charge in [0.05, 0.1) is 5.56 Å². The Morgan fingerprint density at radius 2 is 2.00 bits per heavy atom. The molecule has 72 valence electrons. The van der Waals surface area contributed by atoms with Crippen molar-refractivity contribution in [3.8, 4) is 22.9 Å². The summed E-state index contributed by atoms with van der Waals surface area (Å²) in [6.07, 6.45) is 3.11. The molecule has 0 amide bonds. The Balaban J connectivity index is 2.55. The van der Waals surface area contributed by atoms with Crippen LogP contribution in [0.5, 0.6) is 5.75 Å². The minimum atomic E-state index is 0.189. The summed E-state index contributed by atoms with van der Waals surface area (Å²) < 4.78 is 0. The molecular formula is C12H8N2O. The fraction of sp³-hybridized carbons (Fsp3) is 0. The van der Waals surface area contributed by atoms with Gasteiger partial charge in [-0.1, -0.05) is 18.2 Å². The summed E-state index contributed by atoms with van der Waals surface area (Å²) in [6, 6.07) is 10.7. The second kappa shape index (κ2) is 3.81. The summed E-state index contributed by atoms with van der Waals surface area (Å²) in [4.78, 5) is 3.94. The van der Waals surface area contributed by atoms with Crippen molar-refractivity contribution >= 4 is 0 Å². The molecule has 0 aliphatic rings. The number of rotatable bonds is 1. The first-order valence-electron chi connectivity index (χ1n) is 4.45. The van der Waals surface area contributed by atoms with Crippen molar-refractivity contribution in [3.63, 3.8) is 0 Å². The van der Waals surface area contributed by atoms with Gasteiger partial charge in [-0.3, -0.25) is 4.98 Å². The summed E-state index contributed by atoms with van der Waals surface area (Å²) in [5.74, 6) is 0.189. The van der Waals surface area contributed by atoms with Crippen molar-refractivity contribution in [1.82, 2.24) is 4.98 Å². The summed E-state index contributed by atoms with van der Waals surface area (Å²) in [6.45, 7) is 0. The molecule has 1 aromatic carbocycles. The van der Waals surface area contributed by atoms with Crippen LogP contribution in [0, 0.1) is 11.3 Å². The Bertz CT molecular complexity index is 529. The molecule has 1 aromatic heterocycles. The molecule has 0 atom stereocenters. The standard InChI is InChI=1S/C12H8N2O/c13-6-9-5-10(8-14-7-9)11-3-1-2-4-12(11)15/h1-5,7-8,15H. The minimum absolute atomic E-state index is 0.189.